The summed E-state index contributed by atoms with van der Waals surface area (Å²) in [7, 11) is 0. The van der Waals surface area contributed by atoms with Crippen LogP contribution in [0.25, 0.3) is 0 Å². The predicted octanol–water partition coefficient (Wildman–Crippen LogP) is 2.49. The average Bonchev–Trinajstić information content (AvgIpc) is 2.46. The summed E-state index contributed by atoms with van der Waals surface area (Å²) in [6, 6.07) is 7.79. The molecule has 1 aliphatic heterocycles. The molecule has 118 valence electrons. The molecule has 1 saturated heterocycles. The maximum atomic E-state index is 11.5. The third-order valence-corrected chi connectivity index (χ3v) is 5.25. The van der Waals surface area contributed by atoms with Gasteiger partial charge < -0.3 is 15.1 Å². The SMILES string of the molecule is O=C(O)C1CCN(c2ccc(C3(C(=O)O)CCC3)cc2)CC1. The lowest BCUT2D eigenvalue weighted by atomic mass is 9.64. The quantitative estimate of drug-likeness (QED) is 0.893. The van der Waals surface area contributed by atoms with Crippen LogP contribution >= 0.6 is 0 Å². The lowest BCUT2D eigenvalue weighted by Crippen LogP contribution is -2.42. The zero-order valence-electron chi connectivity index (χ0n) is 12.5. The van der Waals surface area contributed by atoms with Crippen LogP contribution in [0.2, 0.25) is 0 Å². The topological polar surface area (TPSA) is 77.8 Å². The third-order valence-electron chi connectivity index (χ3n) is 5.25. The molecule has 3 rings (SSSR count). The smallest absolute Gasteiger partial charge is 0.314 e. The first kappa shape index (κ1) is 14.9. The molecule has 22 heavy (non-hydrogen) atoms. The Bertz CT molecular complexity index is 569. The number of aliphatic carboxylic acids is 2. The zero-order chi connectivity index (χ0) is 15.7. The minimum atomic E-state index is -0.728. The summed E-state index contributed by atoms with van der Waals surface area (Å²) in [6.07, 6.45) is 3.72. The van der Waals surface area contributed by atoms with Gasteiger partial charge in [0.25, 0.3) is 0 Å². The van der Waals surface area contributed by atoms with E-state index in [1.165, 1.54) is 0 Å². The molecular formula is C17H21NO4. The van der Waals surface area contributed by atoms with Gasteiger partial charge in [0.05, 0.1) is 11.3 Å². The van der Waals surface area contributed by atoms with Gasteiger partial charge in [0.1, 0.15) is 0 Å². The number of piperidine rings is 1. The first-order valence-corrected chi connectivity index (χ1v) is 7.85. The van der Waals surface area contributed by atoms with E-state index >= 15 is 0 Å². The lowest BCUT2D eigenvalue weighted by molar-refractivity contribution is -0.147. The Labute approximate surface area is 129 Å². The number of hydrogen-bond donors (Lipinski definition) is 2. The second kappa shape index (κ2) is 5.63. The molecule has 5 nitrogen and oxygen atoms in total. The van der Waals surface area contributed by atoms with Crippen molar-refractivity contribution in [2.24, 2.45) is 5.92 Å². The van der Waals surface area contributed by atoms with Crippen LogP contribution in [-0.4, -0.2) is 35.2 Å². The largest absolute Gasteiger partial charge is 0.481 e. The van der Waals surface area contributed by atoms with Gasteiger partial charge in [0, 0.05) is 18.8 Å². The van der Waals surface area contributed by atoms with Gasteiger partial charge in [-0.15, -0.1) is 0 Å². The fraction of sp³-hybridized carbons (Fsp3) is 0.529. The minimum absolute atomic E-state index is 0.235. The fourth-order valence-corrected chi connectivity index (χ4v) is 3.53. The molecule has 1 saturated carbocycles. The number of carboxylic acid groups (broad SMARTS) is 2. The molecule has 0 atom stereocenters. The van der Waals surface area contributed by atoms with Crippen LogP contribution in [0.4, 0.5) is 5.69 Å². The van der Waals surface area contributed by atoms with Gasteiger partial charge in [0.15, 0.2) is 0 Å². The molecule has 2 aliphatic rings. The van der Waals surface area contributed by atoms with Crippen LogP contribution in [-0.2, 0) is 15.0 Å². The summed E-state index contributed by atoms with van der Waals surface area (Å²) in [5.74, 6) is -1.67. The van der Waals surface area contributed by atoms with E-state index in [4.69, 9.17) is 5.11 Å². The molecule has 0 spiro atoms. The van der Waals surface area contributed by atoms with Crippen LogP contribution in [0, 0.1) is 5.92 Å². The summed E-state index contributed by atoms with van der Waals surface area (Å²) in [5, 5.41) is 18.5. The van der Waals surface area contributed by atoms with Crippen LogP contribution in [0.1, 0.15) is 37.7 Å². The lowest BCUT2D eigenvalue weighted by Gasteiger charge is -2.38. The molecule has 1 aromatic rings. The molecule has 1 heterocycles. The Kier molecular flexibility index (Phi) is 3.81. The highest BCUT2D eigenvalue weighted by Gasteiger charge is 2.45. The number of nitrogens with zero attached hydrogens (tertiary/aromatic N) is 1. The average molecular weight is 303 g/mol. The van der Waals surface area contributed by atoms with E-state index in [2.05, 4.69) is 4.90 Å². The summed E-state index contributed by atoms with van der Waals surface area (Å²) in [6.45, 7) is 1.47. The van der Waals surface area contributed by atoms with Crippen LogP contribution in [0.15, 0.2) is 24.3 Å². The van der Waals surface area contributed by atoms with E-state index in [0.29, 0.717) is 25.7 Å². The van der Waals surface area contributed by atoms with Gasteiger partial charge in [-0.3, -0.25) is 9.59 Å². The maximum Gasteiger partial charge on any atom is 0.314 e. The van der Waals surface area contributed by atoms with Crippen molar-refractivity contribution in [1.82, 2.24) is 0 Å². The van der Waals surface area contributed by atoms with Crippen LogP contribution in [0.3, 0.4) is 0 Å². The molecule has 5 heteroatoms. The molecule has 0 bridgehead atoms. The number of hydrogen-bond acceptors (Lipinski definition) is 3. The number of rotatable bonds is 4. The Hall–Kier alpha value is -2.04. The number of anilines is 1. The fourth-order valence-electron chi connectivity index (χ4n) is 3.53. The van der Waals surface area contributed by atoms with E-state index < -0.39 is 17.4 Å². The van der Waals surface area contributed by atoms with Crippen molar-refractivity contribution in [1.29, 1.82) is 0 Å². The number of carboxylic acids is 2. The van der Waals surface area contributed by atoms with Crippen molar-refractivity contribution in [2.75, 3.05) is 18.0 Å². The molecule has 0 aromatic heterocycles. The molecule has 0 radical (unpaired) electrons. The van der Waals surface area contributed by atoms with Crippen molar-refractivity contribution in [3.8, 4) is 0 Å². The second-order valence-electron chi connectivity index (χ2n) is 6.39. The molecular weight excluding hydrogens is 282 g/mol. The van der Waals surface area contributed by atoms with Crippen LogP contribution in [0.5, 0.6) is 0 Å². The highest BCUT2D eigenvalue weighted by Crippen LogP contribution is 2.44. The van der Waals surface area contributed by atoms with E-state index in [-0.39, 0.29) is 5.92 Å². The highest BCUT2D eigenvalue weighted by atomic mass is 16.4. The Morgan fingerprint density at radius 1 is 1.05 bits per heavy atom. The normalized spacial score (nSPS) is 21.2. The number of carbonyl (C=O) groups is 2. The highest BCUT2D eigenvalue weighted by molar-refractivity contribution is 5.82. The van der Waals surface area contributed by atoms with Crippen molar-refractivity contribution in [2.45, 2.75) is 37.5 Å². The van der Waals surface area contributed by atoms with Gasteiger partial charge in [-0.1, -0.05) is 18.6 Å². The van der Waals surface area contributed by atoms with Gasteiger partial charge in [-0.25, -0.2) is 0 Å². The maximum absolute atomic E-state index is 11.5. The van der Waals surface area contributed by atoms with Crippen molar-refractivity contribution in [3.05, 3.63) is 29.8 Å². The first-order valence-electron chi connectivity index (χ1n) is 7.85. The predicted molar refractivity (Wildman–Crippen MR) is 82.2 cm³/mol. The Morgan fingerprint density at radius 2 is 1.64 bits per heavy atom. The second-order valence-corrected chi connectivity index (χ2v) is 6.39. The zero-order valence-corrected chi connectivity index (χ0v) is 12.5. The number of benzene rings is 1. The molecule has 1 aromatic carbocycles. The summed E-state index contributed by atoms with van der Waals surface area (Å²) in [5.41, 5.74) is 1.25. The minimum Gasteiger partial charge on any atom is -0.481 e. The van der Waals surface area contributed by atoms with E-state index in [0.717, 1.165) is 30.8 Å². The molecule has 1 aliphatic carbocycles. The van der Waals surface area contributed by atoms with E-state index in [1.807, 2.05) is 24.3 Å². The molecule has 2 N–H and O–H groups in total. The monoisotopic (exact) mass is 303 g/mol. The van der Waals surface area contributed by atoms with Gasteiger partial charge in [-0.2, -0.15) is 0 Å². The Morgan fingerprint density at radius 3 is 2.05 bits per heavy atom. The Balaban J connectivity index is 1.70. The standard InChI is InChI=1S/C17H21NO4/c19-15(20)12-6-10-18(11-7-12)14-4-2-13(3-5-14)17(16(21)22)8-1-9-17/h2-5,12H,1,6-11H2,(H,19,20)(H,21,22). The summed E-state index contributed by atoms with van der Waals surface area (Å²) in [4.78, 5) is 24.7. The van der Waals surface area contributed by atoms with Gasteiger partial charge in [0.2, 0.25) is 0 Å². The summed E-state index contributed by atoms with van der Waals surface area (Å²) >= 11 is 0. The van der Waals surface area contributed by atoms with Crippen molar-refractivity contribution < 1.29 is 19.8 Å². The van der Waals surface area contributed by atoms with Crippen molar-refractivity contribution in [3.63, 3.8) is 0 Å². The molecule has 0 unspecified atom stereocenters. The van der Waals surface area contributed by atoms with E-state index in [9.17, 15) is 14.7 Å². The van der Waals surface area contributed by atoms with Crippen LogP contribution < -0.4 is 4.90 Å². The van der Waals surface area contributed by atoms with Crippen molar-refractivity contribution >= 4 is 17.6 Å². The summed E-state index contributed by atoms with van der Waals surface area (Å²) < 4.78 is 0. The molecule has 2 fully saturated rings. The van der Waals surface area contributed by atoms with Gasteiger partial charge >= 0.3 is 11.9 Å². The van der Waals surface area contributed by atoms with Gasteiger partial charge in [-0.05, 0) is 43.4 Å². The molecule has 0 amide bonds. The third kappa shape index (κ3) is 2.45. The van der Waals surface area contributed by atoms with E-state index in [1.54, 1.807) is 0 Å². The first-order chi connectivity index (χ1) is 10.5.